The van der Waals surface area contributed by atoms with Crippen molar-refractivity contribution in [1.82, 2.24) is 14.5 Å². The van der Waals surface area contributed by atoms with Crippen molar-refractivity contribution in [2.24, 2.45) is 7.05 Å². The van der Waals surface area contributed by atoms with Gasteiger partial charge in [-0.3, -0.25) is 9.59 Å². The Kier molecular flexibility index (Phi) is 6.38. The fourth-order valence-corrected chi connectivity index (χ4v) is 3.69. The Morgan fingerprint density at radius 1 is 1.09 bits per heavy atom. The second-order valence-electron chi connectivity index (χ2n) is 7.75. The molecule has 0 spiro atoms. The minimum Gasteiger partial charge on any atom is -0.505 e. The molecule has 9 nitrogen and oxygen atoms in total. The number of hydrogen-bond donors (Lipinski definition) is 4. The summed E-state index contributed by atoms with van der Waals surface area (Å²) in [5, 5.41) is 24.5. The summed E-state index contributed by atoms with van der Waals surface area (Å²) in [6, 6.07) is 9.54. The van der Waals surface area contributed by atoms with Gasteiger partial charge in [-0.2, -0.15) is 0 Å². The van der Waals surface area contributed by atoms with Crippen molar-refractivity contribution in [3.63, 3.8) is 0 Å². The van der Waals surface area contributed by atoms with Gasteiger partial charge in [0.2, 0.25) is 0 Å². The van der Waals surface area contributed by atoms with E-state index < -0.39 is 23.6 Å². The largest absolute Gasteiger partial charge is 0.505 e. The van der Waals surface area contributed by atoms with E-state index in [4.69, 9.17) is 0 Å². The molecule has 3 aromatic rings. The van der Waals surface area contributed by atoms with Crippen molar-refractivity contribution < 1.29 is 19.8 Å². The summed E-state index contributed by atoms with van der Waals surface area (Å²) in [6.45, 7) is 5.53. The van der Waals surface area contributed by atoms with Gasteiger partial charge in [0, 0.05) is 35.9 Å². The maximum atomic E-state index is 12.6. The number of benzene rings is 1. The third kappa shape index (κ3) is 4.66. The number of carboxylic acid groups (broad SMARTS) is 1. The van der Waals surface area contributed by atoms with Gasteiger partial charge in [0.1, 0.15) is 5.75 Å². The molecule has 0 aliphatic rings. The number of carbonyl (C=O) groups is 2. The zero-order valence-electron chi connectivity index (χ0n) is 18.3. The second kappa shape index (κ2) is 9.01. The number of pyridine rings is 1. The zero-order valence-corrected chi connectivity index (χ0v) is 18.3. The van der Waals surface area contributed by atoms with Crippen LogP contribution in [0.1, 0.15) is 35.0 Å². The van der Waals surface area contributed by atoms with Crippen molar-refractivity contribution in [2.45, 2.75) is 33.2 Å². The number of carbonyl (C=O) groups excluding carboxylic acids is 1. The van der Waals surface area contributed by atoms with E-state index in [1.54, 1.807) is 19.1 Å². The van der Waals surface area contributed by atoms with E-state index in [0.717, 1.165) is 17.1 Å². The number of hydrogen-bond acceptors (Lipinski definition) is 4. The SMILES string of the molecule is Cc1cn(C)c(=O)c(NC(=O)NC(CC(=O)O)c2cccc(-n3c(C)ccc3C)c2)c1O. The molecule has 2 heterocycles. The lowest BCUT2D eigenvalue weighted by atomic mass is 10.0. The number of nitrogens with zero attached hydrogens (tertiary/aromatic N) is 2. The molecule has 2 aromatic heterocycles. The predicted octanol–water partition coefficient (Wildman–Crippen LogP) is 3.14. The lowest BCUT2D eigenvalue weighted by Gasteiger charge is -2.20. The van der Waals surface area contributed by atoms with Gasteiger partial charge in [-0.1, -0.05) is 12.1 Å². The number of anilines is 1. The Labute approximate surface area is 184 Å². The lowest BCUT2D eigenvalue weighted by Crippen LogP contribution is -2.36. The van der Waals surface area contributed by atoms with E-state index in [1.807, 2.05) is 42.7 Å². The van der Waals surface area contributed by atoms with Gasteiger partial charge in [0.25, 0.3) is 5.56 Å². The number of rotatable bonds is 6. The molecule has 0 radical (unpaired) electrons. The van der Waals surface area contributed by atoms with E-state index >= 15 is 0 Å². The minimum absolute atomic E-state index is 0.272. The average molecular weight is 438 g/mol. The van der Waals surface area contributed by atoms with Gasteiger partial charge in [0.05, 0.1) is 12.5 Å². The highest BCUT2D eigenvalue weighted by molar-refractivity contribution is 5.91. The van der Waals surface area contributed by atoms with Crippen LogP contribution in [0, 0.1) is 20.8 Å². The van der Waals surface area contributed by atoms with E-state index in [0.29, 0.717) is 11.1 Å². The third-order valence-corrected chi connectivity index (χ3v) is 5.26. The highest BCUT2D eigenvalue weighted by atomic mass is 16.4. The van der Waals surface area contributed by atoms with Crippen LogP contribution >= 0.6 is 0 Å². The van der Waals surface area contributed by atoms with Crippen molar-refractivity contribution in [1.29, 1.82) is 0 Å². The number of nitrogens with one attached hydrogen (secondary N) is 2. The van der Waals surface area contributed by atoms with E-state index in [1.165, 1.54) is 17.8 Å². The van der Waals surface area contributed by atoms with Crippen LogP contribution in [0.4, 0.5) is 10.5 Å². The molecule has 0 fully saturated rings. The Bertz CT molecular complexity index is 1220. The number of aromatic nitrogens is 2. The zero-order chi connectivity index (χ0) is 23.6. The van der Waals surface area contributed by atoms with Gasteiger partial charge in [0.15, 0.2) is 5.69 Å². The van der Waals surface area contributed by atoms with Crippen LogP contribution < -0.4 is 16.2 Å². The molecule has 4 N–H and O–H groups in total. The molecule has 2 amide bonds. The van der Waals surface area contributed by atoms with Crippen LogP contribution in [-0.4, -0.2) is 31.3 Å². The van der Waals surface area contributed by atoms with E-state index in [2.05, 4.69) is 10.6 Å². The first-order chi connectivity index (χ1) is 15.1. The number of aryl methyl sites for hydroxylation is 4. The summed E-state index contributed by atoms with van der Waals surface area (Å²) in [7, 11) is 1.50. The first-order valence-corrected chi connectivity index (χ1v) is 10.0. The average Bonchev–Trinajstić information content (AvgIpc) is 3.07. The molecule has 1 atom stereocenters. The molecule has 168 valence electrons. The topological polar surface area (TPSA) is 126 Å². The summed E-state index contributed by atoms with van der Waals surface area (Å²) in [4.78, 5) is 36.4. The Hall–Kier alpha value is -4.01. The van der Waals surface area contributed by atoms with Crippen LogP contribution in [0.25, 0.3) is 5.69 Å². The van der Waals surface area contributed by atoms with Crippen LogP contribution in [0.3, 0.4) is 0 Å². The van der Waals surface area contributed by atoms with Crippen molar-refractivity contribution in [3.8, 4) is 11.4 Å². The molecule has 3 rings (SSSR count). The summed E-state index contributed by atoms with van der Waals surface area (Å²) < 4.78 is 3.26. The number of carboxylic acids is 1. The summed E-state index contributed by atoms with van der Waals surface area (Å²) in [6.07, 6.45) is 1.09. The number of aliphatic carboxylic acids is 1. The highest BCUT2D eigenvalue weighted by Gasteiger charge is 2.21. The summed E-state index contributed by atoms with van der Waals surface area (Å²) in [5.41, 5.74) is 3.02. The van der Waals surface area contributed by atoms with Crippen molar-refractivity contribution in [2.75, 3.05) is 5.32 Å². The number of urea groups is 1. The fraction of sp³-hybridized carbons (Fsp3) is 0.261. The quantitative estimate of drug-likeness (QED) is 0.470. The molecule has 0 saturated carbocycles. The molecular formula is C23H26N4O5. The van der Waals surface area contributed by atoms with Crippen molar-refractivity contribution in [3.05, 3.63) is 75.5 Å². The molecule has 0 aliphatic heterocycles. The maximum Gasteiger partial charge on any atom is 0.319 e. The maximum absolute atomic E-state index is 12.6. The minimum atomic E-state index is -1.09. The van der Waals surface area contributed by atoms with Crippen LogP contribution in [-0.2, 0) is 11.8 Å². The molecule has 32 heavy (non-hydrogen) atoms. The first-order valence-electron chi connectivity index (χ1n) is 10.0. The Morgan fingerprint density at radius 3 is 2.38 bits per heavy atom. The monoisotopic (exact) mass is 438 g/mol. The Balaban J connectivity index is 1.90. The lowest BCUT2D eigenvalue weighted by molar-refractivity contribution is -0.137. The van der Waals surface area contributed by atoms with Gasteiger partial charge < -0.3 is 30.0 Å². The van der Waals surface area contributed by atoms with Crippen LogP contribution in [0.2, 0.25) is 0 Å². The smallest absolute Gasteiger partial charge is 0.319 e. The molecular weight excluding hydrogens is 412 g/mol. The highest BCUT2D eigenvalue weighted by Crippen LogP contribution is 2.25. The Morgan fingerprint density at radius 2 is 1.75 bits per heavy atom. The predicted molar refractivity (Wildman–Crippen MR) is 120 cm³/mol. The van der Waals surface area contributed by atoms with Gasteiger partial charge in [-0.05, 0) is 50.6 Å². The molecule has 9 heteroatoms. The van der Waals surface area contributed by atoms with E-state index in [9.17, 15) is 24.6 Å². The second-order valence-corrected chi connectivity index (χ2v) is 7.75. The van der Waals surface area contributed by atoms with E-state index in [-0.39, 0.29) is 17.9 Å². The number of amides is 2. The van der Waals surface area contributed by atoms with Gasteiger partial charge >= 0.3 is 12.0 Å². The standard InChI is InChI=1S/C23H26N4O5/c1-13-12-26(4)22(31)20(21(13)30)25-23(32)24-18(11-19(28)29)16-6-5-7-17(10-16)27-14(2)8-9-15(27)3/h5-10,12,18,30H,11H2,1-4H3,(H,28,29)(H2,24,25,32). The normalized spacial score (nSPS) is 11.8. The van der Waals surface area contributed by atoms with Gasteiger partial charge in [-0.25, -0.2) is 4.79 Å². The third-order valence-electron chi connectivity index (χ3n) is 5.26. The molecule has 1 aromatic carbocycles. The molecule has 0 bridgehead atoms. The molecule has 0 aliphatic carbocycles. The van der Waals surface area contributed by atoms with Crippen LogP contribution in [0.5, 0.6) is 5.75 Å². The summed E-state index contributed by atoms with van der Waals surface area (Å²) >= 11 is 0. The summed E-state index contributed by atoms with van der Waals surface area (Å²) in [5.74, 6) is -1.43. The molecule has 0 saturated heterocycles. The first kappa shape index (κ1) is 22.7. The fourth-order valence-electron chi connectivity index (χ4n) is 3.69. The van der Waals surface area contributed by atoms with Gasteiger partial charge in [-0.15, -0.1) is 0 Å². The number of aromatic hydroxyl groups is 1. The van der Waals surface area contributed by atoms with Crippen LogP contribution in [0.15, 0.2) is 47.4 Å². The van der Waals surface area contributed by atoms with Crippen molar-refractivity contribution >= 4 is 17.7 Å². The molecule has 1 unspecified atom stereocenters.